The number of hydrazone groups is 1. The number of nitrogens with one attached hydrogen (secondary N) is 1. The topological polar surface area (TPSA) is 102 Å². The summed E-state index contributed by atoms with van der Waals surface area (Å²) >= 11 is 0. The van der Waals surface area contributed by atoms with Crippen molar-refractivity contribution in [2.45, 2.75) is 20.8 Å². The Balaban J connectivity index is 2.40. The molecule has 1 N–H and O–H groups in total. The second kappa shape index (κ2) is 5.84. The first-order chi connectivity index (χ1) is 10.2. The molecule has 0 unspecified atom stereocenters. The minimum Gasteiger partial charge on any atom is -0.206 e. The number of nitrogens with zero attached hydrogens (tertiary/aromatic N) is 5. The van der Waals surface area contributed by atoms with Crippen molar-refractivity contribution in [3.8, 4) is 11.4 Å². The molecule has 0 atom stereocenters. The van der Waals surface area contributed by atoms with E-state index < -0.39 is 15.4 Å². The second-order valence-corrected chi connectivity index (χ2v) is 7.54. The molecular formula is C13H18N6O2S. The Morgan fingerprint density at radius 3 is 2.41 bits per heavy atom. The predicted molar refractivity (Wildman–Crippen MR) is 83.5 cm³/mol. The van der Waals surface area contributed by atoms with Gasteiger partial charge < -0.3 is 0 Å². The smallest absolute Gasteiger partial charge is 0.206 e. The van der Waals surface area contributed by atoms with E-state index in [1.54, 1.807) is 0 Å². The average Bonchev–Trinajstić information content (AvgIpc) is 2.86. The molecule has 118 valence electrons. The van der Waals surface area contributed by atoms with Crippen LogP contribution in [0.5, 0.6) is 0 Å². The Morgan fingerprint density at radius 1 is 1.23 bits per heavy atom. The van der Waals surface area contributed by atoms with Crippen molar-refractivity contribution in [2.75, 3.05) is 6.26 Å². The molecule has 1 aromatic heterocycles. The zero-order chi connectivity index (χ0) is 16.4. The van der Waals surface area contributed by atoms with Crippen LogP contribution in [0.15, 0.2) is 35.4 Å². The van der Waals surface area contributed by atoms with E-state index in [0.717, 1.165) is 11.8 Å². The fourth-order valence-electron chi connectivity index (χ4n) is 1.65. The third-order valence-corrected chi connectivity index (χ3v) is 3.05. The molecule has 0 saturated heterocycles. The van der Waals surface area contributed by atoms with Gasteiger partial charge in [-0.25, -0.2) is 13.2 Å². The monoisotopic (exact) mass is 322 g/mol. The number of sulfonamides is 1. The second-order valence-electron chi connectivity index (χ2n) is 5.82. The van der Waals surface area contributed by atoms with Crippen molar-refractivity contribution in [3.05, 3.63) is 30.3 Å². The van der Waals surface area contributed by atoms with Gasteiger partial charge in [-0.05, 0) is 5.21 Å². The molecule has 0 bridgehead atoms. The van der Waals surface area contributed by atoms with Gasteiger partial charge in [0.15, 0.2) is 5.84 Å². The summed E-state index contributed by atoms with van der Waals surface area (Å²) in [6.45, 7) is 5.63. The third-order valence-electron chi connectivity index (χ3n) is 2.62. The maximum absolute atomic E-state index is 11.2. The lowest BCUT2D eigenvalue weighted by molar-refractivity contribution is 0.534. The highest BCUT2D eigenvalue weighted by Crippen LogP contribution is 2.18. The summed E-state index contributed by atoms with van der Waals surface area (Å²) in [6, 6.07) is 9.38. The minimum absolute atomic E-state index is 0.340. The molecule has 1 aromatic carbocycles. The number of aromatic nitrogens is 4. The summed E-state index contributed by atoms with van der Waals surface area (Å²) in [4.78, 5) is 3.34. The molecule has 0 aliphatic heterocycles. The Kier molecular flexibility index (Phi) is 4.27. The van der Waals surface area contributed by atoms with Crippen LogP contribution in [-0.4, -0.2) is 40.7 Å². The van der Waals surface area contributed by atoms with E-state index in [4.69, 9.17) is 0 Å². The van der Waals surface area contributed by atoms with Gasteiger partial charge in [-0.2, -0.15) is 0 Å². The van der Waals surface area contributed by atoms with Gasteiger partial charge in [0.1, 0.15) is 0 Å². The van der Waals surface area contributed by atoms with Gasteiger partial charge in [-0.15, -0.1) is 20.1 Å². The van der Waals surface area contributed by atoms with Gasteiger partial charge in [-0.3, -0.25) is 0 Å². The summed E-state index contributed by atoms with van der Waals surface area (Å²) in [5, 5.41) is 16.2. The van der Waals surface area contributed by atoms with Gasteiger partial charge in [0, 0.05) is 11.0 Å². The Labute approximate surface area is 129 Å². The van der Waals surface area contributed by atoms with Crippen LogP contribution in [0.3, 0.4) is 0 Å². The SMILES string of the molecule is CC(C)(C)/C(=N\NS(C)(=O)=O)n1nnc(-c2ccccc2)n1. The van der Waals surface area contributed by atoms with Gasteiger partial charge >= 0.3 is 0 Å². The molecule has 0 aliphatic carbocycles. The van der Waals surface area contributed by atoms with Crippen LogP contribution in [0.2, 0.25) is 0 Å². The van der Waals surface area contributed by atoms with Gasteiger partial charge in [0.25, 0.3) is 0 Å². The van der Waals surface area contributed by atoms with Gasteiger partial charge in [0.05, 0.1) is 6.26 Å². The van der Waals surface area contributed by atoms with Crippen LogP contribution >= 0.6 is 0 Å². The lowest BCUT2D eigenvalue weighted by Crippen LogP contribution is -2.33. The molecule has 8 nitrogen and oxygen atoms in total. The van der Waals surface area contributed by atoms with Crippen molar-refractivity contribution < 1.29 is 8.42 Å². The molecule has 1 heterocycles. The lowest BCUT2D eigenvalue weighted by Gasteiger charge is -2.19. The number of hydrogen-bond acceptors (Lipinski definition) is 6. The zero-order valence-corrected chi connectivity index (χ0v) is 13.7. The van der Waals surface area contributed by atoms with Crippen molar-refractivity contribution >= 4 is 15.9 Å². The highest BCUT2D eigenvalue weighted by Gasteiger charge is 2.24. The predicted octanol–water partition coefficient (Wildman–Crippen LogP) is 1.10. The number of benzene rings is 1. The maximum atomic E-state index is 11.2. The molecule has 0 aliphatic rings. The third kappa shape index (κ3) is 4.10. The fourth-order valence-corrected chi connectivity index (χ4v) is 1.90. The van der Waals surface area contributed by atoms with Crippen molar-refractivity contribution in [1.29, 1.82) is 0 Å². The first-order valence-corrected chi connectivity index (χ1v) is 8.47. The van der Waals surface area contributed by atoms with E-state index in [9.17, 15) is 8.42 Å². The summed E-state index contributed by atoms with van der Waals surface area (Å²) in [5.74, 6) is 0.782. The van der Waals surface area contributed by atoms with E-state index in [1.807, 2.05) is 51.1 Å². The van der Waals surface area contributed by atoms with Crippen molar-refractivity contribution in [2.24, 2.45) is 10.5 Å². The molecule has 0 amide bonds. The first-order valence-electron chi connectivity index (χ1n) is 6.57. The van der Waals surface area contributed by atoms with E-state index in [2.05, 4.69) is 25.3 Å². The van der Waals surface area contributed by atoms with Crippen LogP contribution in [0, 0.1) is 5.41 Å². The number of hydrogen-bond donors (Lipinski definition) is 1. The van der Waals surface area contributed by atoms with Crippen LogP contribution in [0.4, 0.5) is 0 Å². The van der Waals surface area contributed by atoms with E-state index in [-0.39, 0.29) is 0 Å². The average molecular weight is 322 g/mol. The lowest BCUT2D eigenvalue weighted by atomic mass is 9.95. The quantitative estimate of drug-likeness (QED) is 0.518. The Bertz CT molecular complexity index is 774. The molecule has 0 saturated carbocycles. The van der Waals surface area contributed by atoms with E-state index >= 15 is 0 Å². The Morgan fingerprint density at radius 2 is 1.86 bits per heavy atom. The number of tetrazole rings is 1. The first kappa shape index (κ1) is 16.1. The molecule has 22 heavy (non-hydrogen) atoms. The van der Waals surface area contributed by atoms with Gasteiger partial charge in [0.2, 0.25) is 15.8 Å². The molecular weight excluding hydrogens is 304 g/mol. The normalized spacial score (nSPS) is 13.2. The molecule has 2 rings (SSSR count). The fraction of sp³-hybridized carbons (Fsp3) is 0.385. The summed E-state index contributed by atoms with van der Waals surface area (Å²) in [5.41, 5.74) is 0.338. The summed E-state index contributed by atoms with van der Waals surface area (Å²) in [7, 11) is -3.46. The summed E-state index contributed by atoms with van der Waals surface area (Å²) < 4.78 is 22.5. The number of rotatable bonds is 3. The molecule has 0 fully saturated rings. The van der Waals surface area contributed by atoms with E-state index in [1.165, 1.54) is 4.80 Å². The van der Waals surface area contributed by atoms with Gasteiger partial charge in [-0.1, -0.05) is 51.1 Å². The maximum Gasteiger partial charge on any atom is 0.244 e. The Hall–Kier alpha value is -2.29. The largest absolute Gasteiger partial charge is 0.244 e. The highest BCUT2D eigenvalue weighted by atomic mass is 32.2. The molecule has 0 spiro atoms. The molecule has 9 heteroatoms. The van der Waals surface area contributed by atoms with Crippen LogP contribution in [0.1, 0.15) is 20.8 Å². The zero-order valence-electron chi connectivity index (χ0n) is 12.8. The molecule has 2 aromatic rings. The van der Waals surface area contributed by atoms with Crippen LogP contribution in [0.25, 0.3) is 11.4 Å². The van der Waals surface area contributed by atoms with Crippen molar-refractivity contribution in [3.63, 3.8) is 0 Å². The molecule has 0 radical (unpaired) electrons. The van der Waals surface area contributed by atoms with Crippen molar-refractivity contribution in [1.82, 2.24) is 25.0 Å². The minimum atomic E-state index is -3.46. The van der Waals surface area contributed by atoms with Crippen LogP contribution < -0.4 is 4.83 Å². The highest BCUT2D eigenvalue weighted by molar-refractivity contribution is 7.88. The van der Waals surface area contributed by atoms with E-state index in [0.29, 0.717) is 11.7 Å². The standard InChI is InChI=1S/C13H18N6O2S/c1-13(2,3)12(15-18-22(4,20)21)19-16-11(14-17-19)10-8-6-5-7-9-10/h5-9,18H,1-4H3/b15-12+. The summed E-state index contributed by atoms with van der Waals surface area (Å²) in [6.07, 6.45) is 1.03. The van der Waals surface area contributed by atoms with Crippen LogP contribution in [-0.2, 0) is 10.0 Å².